The second-order valence-electron chi connectivity index (χ2n) is 6.52. The minimum atomic E-state index is -4.02. The van der Waals surface area contributed by atoms with Gasteiger partial charge >= 0.3 is 0 Å². The summed E-state index contributed by atoms with van der Waals surface area (Å²) < 4.78 is 26.7. The summed E-state index contributed by atoms with van der Waals surface area (Å²) in [6, 6.07) is 18.3. The summed E-state index contributed by atoms with van der Waals surface area (Å²) in [4.78, 5) is 12.2. The number of carbonyl (C=O) groups excluding carboxylic acids is 1. The molecule has 0 saturated heterocycles. The Morgan fingerprint density at radius 2 is 1.70 bits per heavy atom. The Labute approximate surface area is 185 Å². The Morgan fingerprint density at radius 3 is 2.43 bits per heavy atom. The first kappa shape index (κ1) is 22.0. The van der Waals surface area contributed by atoms with Crippen LogP contribution in [-0.4, -0.2) is 20.9 Å². The fraction of sp³-hybridized carbons (Fsp3) is 0.0952. The van der Waals surface area contributed by atoms with Crippen LogP contribution in [0.5, 0.6) is 0 Å². The molecule has 0 aromatic heterocycles. The van der Waals surface area contributed by atoms with Crippen molar-refractivity contribution in [2.75, 3.05) is 17.6 Å². The van der Waals surface area contributed by atoms with E-state index < -0.39 is 15.9 Å². The number of rotatable bonds is 7. The average Bonchev–Trinajstić information content (AvgIpc) is 2.69. The first-order valence-electron chi connectivity index (χ1n) is 8.91. The van der Waals surface area contributed by atoms with Crippen molar-refractivity contribution >= 4 is 50.5 Å². The number of nitrogens with one attached hydrogen (secondary N) is 2. The van der Waals surface area contributed by atoms with E-state index in [1.807, 2.05) is 22.9 Å². The van der Waals surface area contributed by atoms with Gasteiger partial charge in [-0.15, -0.1) is 0 Å². The molecule has 0 spiro atoms. The summed E-state index contributed by atoms with van der Waals surface area (Å²) in [6.07, 6.45) is 0.492. The van der Waals surface area contributed by atoms with Crippen molar-refractivity contribution in [3.8, 4) is 0 Å². The first-order chi connectivity index (χ1) is 14.2. The third-order valence-electron chi connectivity index (χ3n) is 4.26. The fourth-order valence-electron chi connectivity index (χ4n) is 2.83. The van der Waals surface area contributed by atoms with Crippen molar-refractivity contribution in [3.05, 3.63) is 87.9 Å². The molecule has 0 bridgehead atoms. The smallest absolute Gasteiger partial charge is 0.264 e. The zero-order valence-corrected chi connectivity index (χ0v) is 18.1. The highest BCUT2D eigenvalue weighted by atomic mass is 35.5. The van der Waals surface area contributed by atoms with Gasteiger partial charge in [-0.3, -0.25) is 4.79 Å². The maximum Gasteiger partial charge on any atom is 0.264 e. The van der Waals surface area contributed by atoms with Crippen LogP contribution in [0.2, 0.25) is 10.0 Å². The third-order valence-corrected chi connectivity index (χ3v) is 6.24. The molecule has 0 saturated carbocycles. The highest BCUT2D eigenvalue weighted by molar-refractivity contribution is 7.90. The van der Waals surface area contributed by atoms with E-state index in [4.69, 9.17) is 28.9 Å². The topological polar surface area (TPSA) is 101 Å². The quantitative estimate of drug-likeness (QED) is 0.458. The van der Waals surface area contributed by atoms with Crippen LogP contribution in [-0.2, 0) is 21.2 Å². The Kier molecular flexibility index (Phi) is 6.87. The van der Waals surface area contributed by atoms with Crippen molar-refractivity contribution in [1.82, 2.24) is 4.72 Å². The number of hydrogen-bond acceptors (Lipinski definition) is 5. The monoisotopic (exact) mass is 463 g/mol. The number of nitrogens with two attached hydrogens (primary N) is 1. The second kappa shape index (κ2) is 9.38. The summed E-state index contributed by atoms with van der Waals surface area (Å²) in [5.74, 6) is -0.712. The molecule has 0 aliphatic heterocycles. The molecule has 0 fully saturated rings. The average molecular weight is 464 g/mol. The van der Waals surface area contributed by atoms with Gasteiger partial charge in [0.1, 0.15) is 0 Å². The highest BCUT2D eigenvalue weighted by Crippen LogP contribution is 2.26. The standard InChI is InChI=1S/C21H19Cl2N3O3S/c22-16-8-9-20(15(11-16)10-14-4-1-2-7-19(14)23)25-13-21(27)26-30(28,29)18-6-3-5-17(24)12-18/h1-9,11-12,25H,10,13,24H2,(H,26,27). The van der Waals surface area contributed by atoms with E-state index >= 15 is 0 Å². The van der Waals surface area contributed by atoms with E-state index in [2.05, 4.69) is 5.32 Å². The van der Waals surface area contributed by atoms with E-state index in [0.29, 0.717) is 22.2 Å². The van der Waals surface area contributed by atoms with Gasteiger partial charge in [-0.05, 0) is 53.6 Å². The van der Waals surface area contributed by atoms with Gasteiger partial charge in [-0.25, -0.2) is 13.1 Å². The largest absolute Gasteiger partial charge is 0.399 e. The molecule has 3 aromatic carbocycles. The summed E-state index contributed by atoms with van der Waals surface area (Å²) >= 11 is 12.4. The van der Waals surface area contributed by atoms with E-state index in [9.17, 15) is 13.2 Å². The van der Waals surface area contributed by atoms with E-state index in [1.165, 1.54) is 18.2 Å². The Bertz CT molecular complexity index is 1180. The maximum atomic E-state index is 12.3. The molecule has 3 aromatic rings. The molecule has 4 N–H and O–H groups in total. The van der Waals surface area contributed by atoms with Crippen LogP contribution in [0.15, 0.2) is 71.6 Å². The molecule has 0 aliphatic carbocycles. The molecule has 30 heavy (non-hydrogen) atoms. The summed E-state index contributed by atoms with van der Waals surface area (Å²) in [6.45, 7) is -0.251. The number of carbonyl (C=O) groups is 1. The second-order valence-corrected chi connectivity index (χ2v) is 9.05. The lowest BCUT2D eigenvalue weighted by Crippen LogP contribution is -2.35. The van der Waals surface area contributed by atoms with Gasteiger partial charge in [-0.2, -0.15) is 0 Å². The minimum absolute atomic E-state index is 0.0817. The molecule has 6 nitrogen and oxygen atoms in total. The fourth-order valence-corrected chi connectivity index (χ4v) is 4.27. The lowest BCUT2D eigenvalue weighted by Gasteiger charge is -2.14. The Morgan fingerprint density at radius 1 is 0.933 bits per heavy atom. The molecule has 0 radical (unpaired) electrons. The Balaban J connectivity index is 1.71. The van der Waals surface area contributed by atoms with Crippen molar-refractivity contribution in [2.45, 2.75) is 11.3 Å². The van der Waals surface area contributed by atoms with Crippen LogP contribution in [0.3, 0.4) is 0 Å². The predicted octanol–water partition coefficient (Wildman–Crippen LogP) is 4.08. The normalized spacial score (nSPS) is 11.1. The molecule has 0 unspecified atom stereocenters. The molecule has 1 amide bonds. The summed E-state index contributed by atoms with van der Waals surface area (Å²) in [7, 11) is -4.02. The van der Waals surface area contributed by atoms with Crippen LogP contribution in [0.4, 0.5) is 11.4 Å². The third kappa shape index (κ3) is 5.66. The molecule has 0 aliphatic rings. The van der Waals surface area contributed by atoms with Gasteiger partial charge < -0.3 is 11.1 Å². The van der Waals surface area contributed by atoms with Crippen molar-refractivity contribution in [3.63, 3.8) is 0 Å². The van der Waals surface area contributed by atoms with Crippen molar-refractivity contribution in [2.24, 2.45) is 0 Å². The van der Waals surface area contributed by atoms with Gasteiger partial charge in [0, 0.05) is 27.8 Å². The number of nitrogen functional groups attached to an aromatic ring is 1. The Hall–Kier alpha value is -2.74. The zero-order chi connectivity index (χ0) is 21.7. The van der Waals surface area contributed by atoms with Crippen LogP contribution < -0.4 is 15.8 Å². The number of sulfonamides is 1. The molecular formula is C21H19Cl2N3O3S. The van der Waals surface area contributed by atoms with E-state index in [-0.39, 0.29) is 17.1 Å². The summed E-state index contributed by atoms with van der Waals surface area (Å²) in [5, 5.41) is 4.12. The van der Waals surface area contributed by atoms with Gasteiger partial charge in [0.25, 0.3) is 15.9 Å². The summed E-state index contributed by atoms with van der Waals surface area (Å²) in [5.41, 5.74) is 8.27. The number of halogens is 2. The molecule has 9 heteroatoms. The van der Waals surface area contributed by atoms with Gasteiger partial charge in [0.2, 0.25) is 0 Å². The lowest BCUT2D eigenvalue weighted by molar-refractivity contribution is -0.117. The number of amides is 1. The molecular weight excluding hydrogens is 445 g/mol. The number of anilines is 2. The van der Waals surface area contributed by atoms with Crippen LogP contribution >= 0.6 is 23.2 Å². The van der Waals surface area contributed by atoms with Gasteiger partial charge in [0.05, 0.1) is 11.4 Å². The van der Waals surface area contributed by atoms with E-state index in [1.54, 1.807) is 30.3 Å². The van der Waals surface area contributed by atoms with Crippen molar-refractivity contribution < 1.29 is 13.2 Å². The highest BCUT2D eigenvalue weighted by Gasteiger charge is 2.18. The lowest BCUT2D eigenvalue weighted by atomic mass is 10.0. The molecule has 156 valence electrons. The van der Waals surface area contributed by atoms with Gasteiger partial charge in [0.15, 0.2) is 0 Å². The maximum absolute atomic E-state index is 12.3. The van der Waals surface area contributed by atoms with Gasteiger partial charge in [-0.1, -0.05) is 47.5 Å². The zero-order valence-electron chi connectivity index (χ0n) is 15.7. The van der Waals surface area contributed by atoms with Crippen LogP contribution in [0, 0.1) is 0 Å². The first-order valence-corrected chi connectivity index (χ1v) is 11.2. The number of benzene rings is 3. The predicted molar refractivity (Wildman–Crippen MR) is 120 cm³/mol. The molecule has 0 atom stereocenters. The van der Waals surface area contributed by atoms with E-state index in [0.717, 1.165) is 11.1 Å². The molecule has 0 heterocycles. The van der Waals surface area contributed by atoms with Crippen LogP contribution in [0.25, 0.3) is 0 Å². The van der Waals surface area contributed by atoms with Crippen LogP contribution in [0.1, 0.15) is 11.1 Å². The van der Waals surface area contributed by atoms with Crippen molar-refractivity contribution in [1.29, 1.82) is 0 Å². The number of hydrogen-bond donors (Lipinski definition) is 3. The molecule has 3 rings (SSSR count). The minimum Gasteiger partial charge on any atom is -0.399 e. The SMILES string of the molecule is Nc1cccc(S(=O)(=O)NC(=O)CNc2ccc(Cl)cc2Cc2ccccc2Cl)c1.